The molecule has 31 heavy (non-hydrogen) atoms. The number of amides is 1. The molecule has 4 aromatic rings. The number of hydrogen-bond acceptors (Lipinski definition) is 5. The highest BCUT2D eigenvalue weighted by molar-refractivity contribution is 7.99. The minimum Gasteiger partial charge on any atom is -0.325 e. The summed E-state index contributed by atoms with van der Waals surface area (Å²) in [5.74, 6) is 0.834. The van der Waals surface area contributed by atoms with Crippen molar-refractivity contribution in [3.63, 3.8) is 0 Å². The number of pyridine rings is 1. The zero-order chi connectivity index (χ0) is 21.8. The summed E-state index contributed by atoms with van der Waals surface area (Å²) < 4.78 is 1.99. The first-order valence-electron chi connectivity index (χ1n) is 9.94. The fraction of sp³-hybridized carbons (Fsp3) is 0.167. The molecule has 2 heterocycles. The van der Waals surface area contributed by atoms with Gasteiger partial charge in [-0.3, -0.25) is 14.3 Å². The molecule has 0 unspecified atom stereocenters. The Bertz CT molecular complexity index is 1200. The topological polar surface area (TPSA) is 72.7 Å². The van der Waals surface area contributed by atoms with Gasteiger partial charge in [-0.25, -0.2) is 0 Å². The van der Waals surface area contributed by atoms with Gasteiger partial charge < -0.3 is 5.32 Å². The van der Waals surface area contributed by atoms with Crippen LogP contribution in [0.15, 0.2) is 72.1 Å². The van der Waals surface area contributed by atoms with E-state index in [2.05, 4.69) is 26.6 Å². The van der Waals surface area contributed by atoms with Gasteiger partial charge in [0.25, 0.3) is 0 Å². The van der Waals surface area contributed by atoms with Crippen LogP contribution in [0, 0.1) is 20.8 Å². The lowest BCUT2D eigenvalue weighted by Crippen LogP contribution is -2.15. The van der Waals surface area contributed by atoms with Crippen LogP contribution in [-0.2, 0) is 4.79 Å². The molecule has 0 bridgehead atoms. The molecule has 0 aliphatic carbocycles. The fourth-order valence-corrected chi connectivity index (χ4v) is 4.20. The lowest BCUT2D eigenvalue weighted by atomic mass is 10.1. The first-order valence-corrected chi connectivity index (χ1v) is 10.9. The van der Waals surface area contributed by atoms with Gasteiger partial charge in [-0.15, -0.1) is 10.2 Å². The summed E-state index contributed by atoms with van der Waals surface area (Å²) in [5.41, 5.74) is 5.97. The predicted octanol–water partition coefficient (Wildman–Crippen LogP) is 4.99. The Hall–Kier alpha value is -3.45. The molecule has 0 aliphatic rings. The van der Waals surface area contributed by atoms with E-state index < -0.39 is 0 Å². The Morgan fingerprint density at radius 1 is 1.00 bits per heavy atom. The number of thioether (sulfide) groups is 1. The second-order valence-corrected chi connectivity index (χ2v) is 8.33. The number of rotatable bonds is 6. The molecule has 6 nitrogen and oxygen atoms in total. The van der Waals surface area contributed by atoms with E-state index in [1.807, 2.05) is 73.9 Å². The second-order valence-electron chi connectivity index (χ2n) is 7.38. The van der Waals surface area contributed by atoms with E-state index in [9.17, 15) is 4.79 Å². The lowest BCUT2D eigenvalue weighted by molar-refractivity contribution is -0.113. The first-order chi connectivity index (χ1) is 15.0. The number of carbonyl (C=O) groups excluding carboxylic acids is 1. The van der Waals surface area contributed by atoms with Crippen LogP contribution in [0.3, 0.4) is 0 Å². The van der Waals surface area contributed by atoms with Crippen LogP contribution in [0.1, 0.15) is 16.7 Å². The smallest absolute Gasteiger partial charge is 0.234 e. The van der Waals surface area contributed by atoms with Gasteiger partial charge >= 0.3 is 0 Å². The van der Waals surface area contributed by atoms with Gasteiger partial charge in [-0.1, -0.05) is 36.0 Å². The van der Waals surface area contributed by atoms with Crippen molar-refractivity contribution in [3.05, 3.63) is 83.7 Å². The molecule has 0 radical (unpaired) electrons. The summed E-state index contributed by atoms with van der Waals surface area (Å²) in [6.45, 7) is 6.08. The Kier molecular flexibility index (Phi) is 6.13. The molecule has 1 N–H and O–H groups in total. The molecule has 0 saturated heterocycles. The number of nitrogens with one attached hydrogen (secondary N) is 1. The highest BCUT2D eigenvalue weighted by Gasteiger charge is 2.18. The standard InChI is InChI=1S/C24H23N5OS/c1-16-11-17(2)13-20(12-16)26-22(30)15-31-24-28-27-23(19-8-6-10-25-14-19)29(24)21-9-5-4-7-18(21)3/h4-14H,15H2,1-3H3,(H,26,30). The van der Waals surface area contributed by atoms with Crippen LogP contribution in [0.2, 0.25) is 0 Å². The average molecular weight is 430 g/mol. The van der Waals surface area contributed by atoms with Crippen LogP contribution in [0.25, 0.3) is 17.1 Å². The average Bonchev–Trinajstić information content (AvgIpc) is 3.16. The van der Waals surface area contributed by atoms with E-state index in [0.717, 1.165) is 33.6 Å². The third kappa shape index (κ3) is 4.83. The number of nitrogens with zero attached hydrogens (tertiary/aromatic N) is 4. The molecule has 0 saturated carbocycles. The molecule has 0 fully saturated rings. The zero-order valence-corrected chi connectivity index (χ0v) is 18.5. The van der Waals surface area contributed by atoms with Crippen LogP contribution >= 0.6 is 11.8 Å². The SMILES string of the molecule is Cc1cc(C)cc(NC(=O)CSc2nnc(-c3cccnc3)n2-c2ccccc2C)c1. The summed E-state index contributed by atoms with van der Waals surface area (Å²) >= 11 is 1.36. The number of carbonyl (C=O) groups is 1. The van der Waals surface area contributed by atoms with Crippen LogP contribution in [0.4, 0.5) is 5.69 Å². The number of para-hydroxylation sites is 1. The van der Waals surface area contributed by atoms with Crippen molar-refractivity contribution < 1.29 is 4.79 Å². The van der Waals surface area contributed by atoms with Crippen molar-refractivity contribution in [1.82, 2.24) is 19.7 Å². The molecule has 0 aliphatic heterocycles. The highest BCUT2D eigenvalue weighted by atomic mass is 32.2. The molecule has 0 atom stereocenters. The zero-order valence-electron chi connectivity index (χ0n) is 17.7. The van der Waals surface area contributed by atoms with Gasteiger partial charge in [0.1, 0.15) is 0 Å². The van der Waals surface area contributed by atoms with Crippen molar-refractivity contribution in [2.75, 3.05) is 11.1 Å². The summed E-state index contributed by atoms with van der Waals surface area (Å²) in [6, 6.07) is 17.9. The molecule has 0 spiro atoms. The quantitative estimate of drug-likeness (QED) is 0.437. The number of aryl methyl sites for hydroxylation is 3. The largest absolute Gasteiger partial charge is 0.325 e. The monoisotopic (exact) mass is 429 g/mol. The van der Waals surface area contributed by atoms with Crippen molar-refractivity contribution in [3.8, 4) is 17.1 Å². The maximum absolute atomic E-state index is 12.6. The van der Waals surface area contributed by atoms with E-state index in [4.69, 9.17) is 0 Å². The van der Waals surface area contributed by atoms with E-state index >= 15 is 0 Å². The summed E-state index contributed by atoms with van der Waals surface area (Å²) in [6.07, 6.45) is 3.49. The minimum atomic E-state index is -0.0859. The molecular formula is C24H23N5OS. The Labute approximate surface area is 185 Å². The number of benzene rings is 2. The Morgan fingerprint density at radius 2 is 1.77 bits per heavy atom. The molecule has 7 heteroatoms. The third-order valence-electron chi connectivity index (χ3n) is 4.75. The maximum Gasteiger partial charge on any atom is 0.234 e. The summed E-state index contributed by atoms with van der Waals surface area (Å²) in [4.78, 5) is 16.8. The fourth-order valence-electron chi connectivity index (χ4n) is 3.45. The number of hydrogen-bond donors (Lipinski definition) is 1. The normalized spacial score (nSPS) is 10.8. The molecule has 2 aromatic heterocycles. The molecule has 156 valence electrons. The van der Waals surface area contributed by atoms with E-state index in [0.29, 0.717) is 11.0 Å². The molecule has 1 amide bonds. The van der Waals surface area contributed by atoms with Gasteiger partial charge in [0.15, 0.2) is 11.0 Å². The van der Waals surface area contributed by atoms with Gasteiger partial charge in [0.05, 0.1) is 11.4 Å². The van der Waals surface area contributed by atoms with E-state index in [1.54, 1.807) is 12.4 Å². The first kappa shape index (κ1) is 20.8. The Balaban J connectivity index is 1.60. The van der Waals surface area contributed by atoms with E-state index in [-0.39, 0.29) is 11.7 Å². The molecule has 2 aromatic carbocycles. The number of aromatic nitrogens is 4. The van der Waals surface area contributed by atoms with E-state index in [1.165, 1.54) is 11.8 Å². The Morgan fingerprint density at radius 3 is 2.48 bits per heavy atom. The number of anilines is 1. The minimum absolute atomic E-state index is 0.0859. The third-order valence-corrected chi connectivity index (χ3v) is 5.68. The summed E-state index contributed by atoms with van der Waals surface area (Å²) in [7, 11) is 0. The predicted molar refractivity (Wildman–Crippen MR) is 125 cm³/mol. The maximum atomic E-state index is 12.6. The molecule has 4 rings (SSSR count). The second kappa shape index (κ2) is 9.14. The van der Waals surface area contributed by atoms with Crippen molar-refractivity contribution in [1.29, 1.82) is 0 Å². The lowest BCUT2D eigenvalue weighted by Gasteiger charge is -2.13. The summed E-state index contributed by atoms with van der Waals surface area (Å²) in [5, 5.41) is 12.4. The molecular weight excluding hydrogens is 406 g/mol. The van der Waals surface area contributed by atoms with Gasteiger partial charge in [-0.2, -0.15) is 0 Å². The van der Waals surface area contributed by atoms with Crippen molar-refractivity contribution in [2.45, 2.75) is 25.9 Å². The highest BCUT2D eigenvalue weighted by Crippen LogP contribution is 2.29. The van der Waals surface area contributed by atoms with Crippen LogP contribution in [-0.4, -0.2) is 31.4 Å². The van der Waals surface area contributed by atoms with Gasteiger partial charge in [-0.05, 0) is 67.8 Å². The van der Waals surface area contributed by atoms with Crippen molar-refractivity contribution >= 4 is 23.4 Å². The van der Waals surface area contributed by atoms with Crippen molar-refractivity contribution in [2.24, 2.45) is 0 Å². The van der Waals surface area contributed by atoms with Gasteiger partial charge in [0.2, 0.25) is 5.91 Å². The van der Waals surface area contributed by atoms with Crippen LogP contribution < -0.4 is 5.32 Å². The van der Waals surface area contributed by atoms with Crippen LogP contribution in [0.5, 0.6) is 0 Å². The van der Waals surface area contributed by atoms with Gasteiger partial charge in [0, 0.05) is 23.6 Å².